The summed E-state index contributed by atoms with van der Waals surface area (Å²) < 4.78 is 4.79. The molecule has 0 atom stereocenters. The number of hydrogen-bond donors (Lipinski definition) is 0. The highest BCUT2D eigenvalue weighted by molar-refractivity contribution is 8.13. The number of amidine groups is 1. The van der Waals surface area contributed by atoms with Crippen molar-refractivity contribution >= 4 is 22.9 Å². The van der Waals surface area contributed by atoms with Crippen LogP contribution in [0, 0.1) is 11.5 Å². The summed E-state index contributed by atoms with van der Waals surface area (Å²) in [5.41, 5.74) is 0. The van der Waals surface area contributed by atoms with Gasteiger partial charge in [0.1, 0.15) is 0 Å². The molecule has 0 fully saturated rings. The van der Waals surface area contributed by atoms with Crippen LogP contribution in [-0.2, 0) is 9.53 Å². The number of nitrogens with zero attached hydrogens (tertiary/aromatic N) is 3. The number of carbonyl (C=O) groups excluding carboxylic acids is 1. The topological polar surface area (TPSA) is 65.7 Å². The third kappa shape index (κ3) is 5.96. The molecule has 0 bridgehead atoms. The molecular weight excluding hydrogens is 214 g/mol. The van der Waals surface area contributed by atoms with Gasteiger partial charge in [-0.1, -0.05) is 11.8 Å². The van der Waals surface area contributed by atoms with E-state index in [1.54, 1.807) is 25.1 Å². The lowest BCUT2D eigenvalue weighted by Crippen LogP contribution is -2.27. The molecule has 5 nitrogen and oxygen atoms in total. The van der Waals surface area contributed by atoms with Crippen LogP contribution in [-0.4, -0.2) is 42.5 Å². The lowest BCUT2D eigenvalue weighted by atomic mass is 10.4. The molecule has 0 spiro atoms. The van der Waals surface area contributed by atoms with Gasteiger partial charge in [0.2, 0.25) is 6.19 Å². The monoisotopic (exact) mass is 229 g/mol. The molecule has 0 saturated carbocycles. The average Bonchev–Trinajstić information content (AvgIpc) is 2.23. The van der Waals surface area contributed by atoms with Crippen molar-refractivity contribution in [3.63, 3.8) is 0 Å². The molecule has 0 aliphatic carbocycles. The largest absolute Gasteiger partial charge is 0.466 e. The van der Waals surface area contributed by atoms with Gasteiger partial charge in [-0.2, -0.15) is 5.26 Å². The molecule has 0 saturated heterocycles. The van der Waals surface area contributed by atoms with Gasteiger partial charge in [0.05, 0.1) is 13.0 Å². The van der Waals surface area contributed by atoms with Crippen molar-refractivity contribution in [3.8, 4) is 6.19 Å². The fourth-order valence-corrected chi connectivity index (χ4v) is 1.45. The molecule has 0 rings (SSSR count). The Labute approximate surface area is 94.1 Å². The predicted octanol–water partition coefficient (Wildman–Crippen LogP) is 1.07. The second kappa shape index (κ2) is 8.12. The molecule has 84 valence electrons. The van der Waals surface area contributed by atoms with Crippen LogP contribution < -0.4 is 0 Å². The van der Waals surface area contributed by atoms with Gasteiger partial charge in [-0.05, 0) is 13.2 Å². The van der Waals surface area contributed by atoms with Crippen LogP contribution >= 0.6 is 11.8 Å². The van der Waals surface area contributed by atoms with E-state index in [0.717, 1.165) is 0 Å². The van der Waals surface area contributed by atoms with E-state index in [1.807, 2.05) is 6.26 Å². The standard InChI is InChI=1S/C9H15N3O2S/c1-4-14-8(13)5-6-12(2)9(15-3)11-7-10/h4-6H2,1-3H3. The minimum Gasteiger partial charge on any atom is -0.466 e. The predicted molar refractivity (Wildman–Crippen MR) is 60.4 cm³/mol. The molecular formula is C9H15N3O2S. The van der Waals surface area contributed by atoms with Gasteiger partial charge >= 0.3 is 5.97 Å². The molecule has 0 aromatic carbocycles. The maximum atomic E-state index is 11.1. The highest BCUT2D eigenvalue weighted by atomic mass is 32.2. The van der Waals surface area contributed by atoms with Crippen LogP contribution in [0.4, 0.5) is 0 Å². The van der Waals surface area contributed by atoms with E-state index >= 15 is 0 Å². The number of carbonyl (C=O) groups is 1. The van der Waals surface area contributed by atoms with Gasteiger partial charge in [-0.25, -0.2) is 0 Å². The number of esters is 1. The Bertz CT molecular complexity index is 273. The van der Waals surface area contributed by atoms with E-state index in [2.05, 4.69) is 4.99 Å². The van der Waals surface area contributed by atoms with E-state index in [0.29, 0.717) is 24.7 Å². The fraction of sp³-hybridized carbons (Fsp3) is 0.667. The third-order valence-corrected chi connectivity index (χ3v) is 2.38. The van der Waals surface area contributed by atoms with Gasteiger partial charge in [-0.3, -0.25) is 4.79 Å². The van der Waals surface area contributed by atoms with E-state index in [-0.39, 0.29) is 5.97 Å². The van der Waals surface area contributed by atoms with Crippen LogP contribution in [0.2, 0.25) is 0 Å². The Morgan fingerprint density at radius 3 is 2.80 bits per heavy atom. The Morgan fingerprint density at radius 2 is 2.33 bits per heavy atom. The smallest absolute Gasteiger partial charge is 0.307 e. The van der Waals surface area contributed by atoms with Crippen LogP contribution in [0.15, 0.2) is 4.99 Å². The van der Waals surface area contributed by atoms with Gasteiger partial charge < -0.3 is 9.64 Å². The molecule has 0 amide bonds. The third-order valence-electron chi connectivity index (χ3n) is 1.61. The van der Waals surface area contributed by atoms with E-state index < -0.39 is 0 Å². The first kappa shape index (κ1) is 13.8. The molecule has 0 radical (unpaired) electrons. The zero-order valence-corrected chi connectivity index (χ0v) is 10.0. The summed E-state index contributed by atoms with van der Waals surface area (Å²) in [6.07, 6.45) is 3.85. The fourth-order valence-electron chi connectivity index (χ4n) is 0.917. The summed E-state index contributed by atoms with van der Waals surface area (Å²) in [5.74, 6) is -0.234. The minimum absolute atomic E-state index is 0.234. The number of thioether (sulfide) groups is 1. The maximum absolute atomic E-state index is 11.1. The summed E-state index contributed by atoms with van der Waals surface area (Å²) in [4.78, 5) is 16.4. The first-order chi connectivity index (χ1) is 7.15. The quantitative estimate of drug-likeness (QED) is 0.312. The highest BCUT2D eigenvalue weighted by Gasteiger charge is 2.08. The molecule has 0 N–H and O–H groups in total. The lowest BCUT2D eigenvalue weighted by Gasteiger charge is -2.17. The Hall–Kier alpha value is -1.22. The minimum atomic E-state index is -0.234. The Morgan fingerprint density at radius 1 is 1.67 bits per heavy atom. The number of nitriles is 1. The normalized spacial score (nSPS) is 10.7. The second-order valence-corrected chi connectivity index (χ2v) is 3.45. The molecule has 6 heteroatoms. The Balaban J connectivity index is 4.02. The number of hydrogen-bond acceptors (Lipinski definition) is 5. The summed E-state index contributed by atoms with van der Waals surface area (Å²) in [6.45, 7) is 2.66. The van der Waals surface area contributed by atoms with E-state index in [9.17, 15) is 4.79 Å². The van der Waals surface area contributed by atoms with E-state index in [1.165, 1.54) is 11.8 Å². The van der Waals surface area contributed by atoms with Crippen LogP contribution in [0.5, 0.6) is 0 Å². The number of rotatable bonds is 4. The summed E-state index contributed by atoms with van der Waals surface area (Å²) in [6, 6.07) is 0. The summed E-state index contributed by atoms with van der Waals surface area (Å²) in [7, 11) is 1.78. The lowest BCUT2D eigenvalue weighted by molar-refractivity contribution is -0.143. The number of ether oxygens (including phenoxy) is 1. The zero-order chi connectivity index (χ0) is 11.7. The molecule has 0 aliphatic heterocycles. The molecule has 0 heterocycles. The second-order valence-electron chi connectivity index (χ2n) is 2.68. The van der Waals surface area contributed by atoms with Crippen molar-refractivity contribution in [2.75, 3.05) is 26.5 Å². The van der Waals surface area contributed by atoms with Crippen molar-refractivity contribution in [1.29, 1.82) is 5.26 Å². The van der Waals surface area contributed by atoms with Crippen molar-refractivity contribution in [1.82, 2.24) is 4.90 Å². The van der Waals surface area contributed by atoms with Crippen molar-refractivity contribution < 1.29 is 9.53 Å². The highest BCUT2D eigenvalue weighted by Crippen LogP contribution is 2.04. The molecule has 15 heavy (non-hydrogen) atoms. The van der Waals surface area contributed by atoms with E-state index in [4.69, 9.17) is 10.00 Å². The summed E-state index contributed by atoms with van der Waals surface area (Å²) in [5, 5.41) is 9.01. The summed E-state index contributed by atoms with van der Waals surface area (Å²) >= 11 is 1.37. The maximum Gasteiger partial charge on any atom is 0.307 e. The molecule has 0 aliphatic rings. The van der Waals surface area contributed by atoms with Crippen LogP contribution in [0.3, 0.4) is 0 Å². The van der Waals surface area contributed by atoms with Gasteiger partial charge in [0.15, 0.2) is 5.17 Å². The molecule has 0 aromatic heterocycles. The first-order valence-corrected chi connectivity index (χ1v) is 5.75. The molecule has 0 unspecified atom stereocenters. The van der Waals surface area contributed by atoms with Crippen LogP contribution in [0.25, 0.3) is 0 Å². The van der Waals surface area contributed by atoms with Gasteiger partial charge in [0.25, 0.3) is 0 Å². The zero-order valence-electron chi connectivity index (χ0n) is 9.19. The van der Waals surface area contributed by atoms with Crippen LogP contribution in [0.1, 0.15) is 13.3 Å². The van der Waals surface area contributed by atoms with Gasteiger partial charge in [-0.15, -0.1) is 4.99 Å². The molecule has 0 aromatic rings. The Kier molecular flexibility index (Phi) is 7.46. The first-order valence-electron chi connectivity index (χ1n) is 4.53. The number of aliphatic imine (C=N–C) groups is 1. The van der Waals surface area contributed by atoms with Crippen molar-refractivity contribution in [2.24, 2.45) is 4.99 Å². The SMILES string of the molecule is CCOC(=O)CCN(C)C(=NC#N)SC. The van der Waals surface area contributed by atoms with Gasteiger partial charge in [0, 0.05) is 13.6 Å². The van der Waals surface area contributed by atoms with Crippen molar-refractivity contribution in [3.05, 3.63) is 0 Å². The van der Waals surface area contributed by atoms with Crippen molar-refractivity contribution in [2.45, 2.75) is 13.3 Å². The average molecular weight is 229 g/mol.